The van der Waals surface area contributed by atoms with Crippen LogP contribution in [0.1, 0.15) is 24.0 Å². The number of amides is 2. The highest BCUT2D eigenvalue weighted by Gasteiger charge is 2.20. The second-order valence-corrected chi connectivity index (χ2v) is 7.51. The highest BCUT2D eigenvalue weighted by atomic mass is 32.1. The highest BCUT2D eigenvalue weighted by Crippen LogP contribution is 2.26. The van der Waals surface area contributed by atoms with Crippen molar-refractivity contribution >= 4 is 34.5 Å². The quantitative estimate of drug-likeness (QED) is 0.458. The number of halogens is 1. The molecule has 2 aromatic carbocycles. The highest BCUT2D eigenvalue weighted by molar-refractivity contribution is 7.13. The first-order valence-electron chi connectivity index (χ1n) is 9.51. The molecule has 0 atom stereocenters. The van der Waals surface area contributed by atoms with Crippen LogP contribution in [0.3, 0.4) is 0 Å². The molecule has 4 aromatic rings. The van der Waals surface area contributed by atoms with E-state index in [0.717, 1.165) is 4.88 Å². The maximum absolute atomic E-state index is 13.8. The standard InChI is InChI=1S/C22H18FN5O2S/c1-2-19(29)24-15-7-4-8-16(13-15)25-22(30)20-26-21(18-10-5-11-31-18)28(27-20)17-9-3-6-14(23)12-17/h3-13H,2H2,1H3,(H,24,29)(H,25,30). The Kier molecular flexibility index (Phi) is 5.85. The molecule has 0 aliphatic carbocycles. The smallest absolute Gasteiger partial charge is 0.295 e. The van der Waals surface area contributed by atoms with Crippen molar-refractivity contribution in [1.29, 1.82) is 0 Å². The number of hydrogen-bond donors (Lipinski definition) is 2. The maximum Gasteiger partial charge on any atom is 0.295 e. The number of aromatic nitrogens is 3. The number of carbonyl (C=O) groups excluding carboxylic acids is 2. The van der Waals surface area contributed by atoms with Crippen molar-refractivity contribution in [2.45, 2.75) is 13.3 Å². The normalized spacial score (nSPS) is 10.6. The number of nitrogens with one attached hydrogen (secondary N) is 2. The van der Waals surface area contributed by atoms with Crippen LogP contribution in [0.5, 0.6) is 0 Å². The fourth-order valence-electron chi connectivity index (χ4n) is 2.87. The average Bonchev–Trinajstić information content (AvgIpc) is 3.44. The monoisotopic (exact) mass is 435 g/mol. The summed E-state index contributed by atoms with van der Waals surface area (Å²) >= 11 is 1.44. The summed E-state index contributed by atoms with van der Waals surface area (Å²) in [5, 5.41) is 11.7. The molecule has 2 N–H and O–H groups in total. The summed E-state index contributed by atoms with van der Waals surface area (Å²) in [4.78, 5) is 29.6. The molecule has 0 aliphatic heterocycles. The van der Waals surface area contributed by atoms with Gasteiger partial charge in [-0.2, -0.15) is 0 Å². The molecule has 0 saturated heterocycles. The maximum atomic E-state index is 13.8. The van der Waals surface area contributed by atoms with Crippen molar-refractivity contribution in [3.8, 4) is 16.4 Å². The molecule has 7 nitrogen and oxygen atoms in total. The number of benzene rings is 2. The Hall–Kier alpha value is -3.85. The Morgan fingerprint density at radius 2 is 1.81 bits per heavy atom. The van der Waals surface area contributed by atoms with Gasteiger partial charge in [-0.25, -0.2) is 14.1 Å². The van der Waals surface area contributed by atoms with Gasteiger partial charge < -0.3 is 10.6 Å². The summed E-state index contributed by atoms with van der Waals surface area (Å²) in [5.41, 5.74) is 1.51. The third-order valence-corrected chi connectivity index (χ3v) is 5.20. The fourth-order valence-corrected chi connectivity index (χ4v) is 3.57. The van der Waals surface area contributed by atoms with Crippen molar-refractivity contribution < 1.29 is 14.0 Å². The Bertz CT molecular complexity index is 1240. The molecule has 9 heteroatoms. The minimum absolute atomic E-state index is 0.0596. The molecule has 0 fully saturated rings. The van der Waals surface area contributed by atoms with E-state index in [1.807, 2.05) is 17.5 Å². The van der Waals surface area contributed by atoms with Crippen molar-refractivity contribution in [3.63, 3.8) is 0 Å². The van der Waals surface area contributed by atoms with E-state index in [4.69, 9.17) is 0 Å². The molecule has 4 rings (SSSR count). The van der Waals surface area contributed by atoms with E-state index in [0.29, 0.717) is 29.3 Å². The molecule has 31 heavy (non-hydrogen) atoms. The zero-order valence-corrected chi connectivity index (χ0v) is 17.3. The lowest BCUT2D eigenvalue weighted by Gasteiger charge is -2.07. The fraction of sp³-hybridized carbons (Fsp3) is 0.0909. The molecule has 0 aliphatic rings. The molecule has 2 amide bonds. The Morgan fingerprint density at radius 3 is 2.52 bits per heavy atom. The molecule has 2 heterocycles. The second-order valence-electron chi connectivity index (χ2n) is 6.56. The van der Waals surface area contributed by atoms with Crippen LogP contribution < -0.4 is 10.6 Å². The van der Waals surface area contributed by atoms with Crippen LogP contribution in [0.2, 0.25) is 0 Å². The van der Waals surface area contributed by atoms with E-state index in [1.54, 1.807) is 43.3 Å². The number of thiophene rings is 1. The topological polar surface area (TPSA) is 88.9 Å². The summed E-state index contributed by atoms with van der Waals surface area (Å²) in [7, 11) is 0. The lowest BCUT2D eigenvalue weighted by molar-refractivity contribution is -0.115. The first kappa shape index (κ1) is 20.4. The lowest BCUT2D eigenvalue weighted by atomic mass is 10.2. The molecule has 0 saturated carbocycles. The molecule has 2 aromatic heterocycles. The minimum Gasteiger partial charge on any atom is -0.326 e. The molecule has 0 radical (unpaired) electrons. The van der Waals surface area contributed by atoms with Gasteiger partial charge in [-0.15, -0.1) is 16.4 Å². The van der Waals surface area contributed by atoms with Gasteiger partial charge in [-0.3, -0.25) is 9.59 Å². The molecular weight excluding hydrogens is 417 g/mol. The van der Waals surface area contributed by atoms with Crippen LogP contribution in [0.15, 0.2) is 66.0 Å². The van der Waals surface area contributed by atoms with Gasteiger partial charge in [0.2, 0.25) is 11.7 Å². The zero-order chi connectivity index (χ0) is 21.8. The van der Waals surface area contributed by atoms with Crippen molar-refractivity contribution in [1.82, 2.24) is 14.8 Å². The summed E-state index contributed by atoms with van der Waals surface area (Å²) in [6, 6.07) is 16.4. The molecule has 0 unspecified atom stereocenters. The number of nitrogens with zero attached hydrogens (tertiary/aromatic N) is 3. The zero-order valence-electron chi connectivity index (χ0n) is 16.5. The second kappa shape index (κ2) is 8.88. The first-order chi connectivity index (χ1) is 15.0. The average molecular weight is 435 g/mol. The Balaban J connectivity index is 1.64. The first-order valence-corrected chi connectivity index (χ1v) is 10.4. The van der Waals surface area contributed by atoms with Gasteiger partial charge in [0.1, 0.15) is 5.82 Å². The van der Waals surface area contributed by atoms with Gasteiger partial charge in [-0.05, 0) is 47.8 Å². The van der Waals surface area contributed by atoms with Crippen LogP contribution in [-0.4, -0.2) is 26.6 Å². The molecular formula is C22H18FN5O2S. The summed E-state index contributed by atoms with van der Waals surface area (Å²) in [6.45, 7) is 1.76. The van der Waals surface area contributed by atoms with Crippen molar-refractivity contribution in [3.05, 3.63) is 77.7 Å². The third kappa shape index (κ3) is 4.67. The summed E-state index contributed by atoms with van der Waals surface area (Å²) in [5.74, 6) is -0.682. The molecule has 0 bridgehead atoms. The van der Waals surface area contributed by atoms with Gasteiger partial charge in [0.15, 0.2) is 5.82 Å². The lowest BCUT2D eigenvalue weighted by Crippen LogP contribution is -2.15. The van der Waals surface area contributed by atoms with E-state index in [-0.39, 0.29) is 11.7 Å². The third-order valence-electron chi connectivity index (χ3n) is 4.33. The van der Waals surface area contributed by atoms with E-state index in [2.05, 4.69) is 20.7 Å². The number of carbonyl (C=O) groups is 2. The predicted molar refractivity (Wildman–Crippen MR) is 118 cm³/mol. The SMILES string of the molecule is CCC(=O)Nc1cccc(NC(=O)c2nc(-c3cccs3)n(-c3cccc(F)c3)n2)c1. The largest absolute Gasteiger partial charge is 0.326 e. The number of rotatable bonds is 6. The van der Waals surface area contributed by atoms with Crippen LogP contribution in [0.25, 0.3) is 16.4 Å². The minimum atomic E-state index is -0.521. The van der Waals surface area contributed by atoms with Crippen molar-refractivity contribution in [2.75, 3.05) is 10.6 Å². The van der Waals surface area contributed by atoms with Gasteiger partial charge in [0.25, 0.3) is 5.91 Å². The van der Waals surface area contributed by atoms with Gasteiger partial charge in [0.05, 0.1) is 10.6 Å². The van der Waals surface area contributed by atoms with Gasteiger partial charge in [0, 0.05) is 17.8 Å². The van der Waals surface area contributed by atoms with Crippen molar-refractivity contribution in [2.24, 2.45) is 0 Å². The van der Waals surface area contributed by atoms with Gasteiger partial charge >= 0.3 is 0 Å². The molecule has 0 spiro atoms. The summed E-state index contributed by atoms with van der Waals surface area (Å²) < 4.78 is 15.2. The van der Waals surface area contributed by atoms with Crippen LogP contribution in [0, 0.1) is 5.82 Å². The number of anilines is 2. The van der Waals surface area contributed by atoms with E-state index >= 15 is 0 Å². The van der Waals surface area contributed by atoms with E-state index < -0.39 is 11.7 Å². The molecule has 156 valence electrons. The predicted octanol–water partition coefficient (Wildman–Crippen LogP) is 4.74. The van der Waals surface area contributed by atoms with Gasteiger partial charge in [-0.1, -0.05) is 25.1 Å². The Morgan fingerprint density at radius 1 is 1.03 bits per heavy atom. The van der Waals surface area contributed by atoms with Crippen LogP contribution in [-0.2, 0) is 4.79 Å². The Labute approximate surface area is 181 Å². The van der Waals surface area contributed by atoms with E-state index in [1.165, 1.54) is 28.2 Å². The summed E-state index contributed by atoms with van der Waals surface area (Å²) in [6.07, 6.45) is 0.351. The van der Waals surface area contributed by atoms with Crippen LogP contribution >= 0.6 is 11.3 Å². The van der Waals surface area contributed by atoms with Crippen LogP contribution in [0.4, 0.5) is 15.8 Å². The number of hydrogen-bond acceptors (Lipinski definition) is 5. The van der Waals surface area contributed by atoms with E-state index in [9.17, 15) is 14.0 Å².